The zero-order valence-corrected chi connectivity index (χ0v) is 12.7. The Morgan fingerprint density at radius 2 is 2.14 bits per heavy atom. The summed E-state index contributed by atoms with van der Waals surface area (Å²) in [5.41, 5.74) is 0.602. The maximum atomic E-state index is 13.5. The van der Waals surface area contributed by atoms with E-state index in [9.17, 15) is 4.39 Å². The molecule has 0 spiro atoms. The SMILES string of the molecule is CCCNc1nc(-c2cnc(C)s2)nc2cc(F)ccc12. The standard InChI is InChI=1S/C15H15FN4S/c1-3-6-17-14-11-5-4-10(16)7-12(11)19-15(20-14)13-8-18-9(2)21-13/h4-5,7-8H,3,6H2,1-2H3,(H,17,19,20). The molecule has 6 heteroatoms. The van der Waals surface area contributed by atoms with Gasteiger partial charge < -0.3 is 5.32 Å². The van der Waals surface area contributed by atoms with Gasteiger partial charge in [0.05, 0.1) is 15.4 Å². The minimum absolute atomic E-state index is 0.297. The molecule has 21 heavy (non-hydrogen) atoms. The molecule has 2 heterocycles. The largest absolute Gasteiger partial charge is 0.369 e. The number of aromatic nitrogens is 3. The predicted molar refractivity (Wildman–Crippen MR) is 84.1 cm³/mol. The highest BCUT2D eigenvalue weighted by molar-refractivity contribution is 7.14. The van der Waals surface area contributed by atoms with Crippen LogP contribution < -0.4 is 5.32 Å². The third kappa shape index (κ3) is 2.85. The van der Waals surface area contributed by atoms with Crippen LogP contribution in [-0.4, -0.2) is 21.5 Å². The van der Waals surface area contributed by atoms with Gasteiger partial charge in [0.2, 0.25) is 0 Å². The van der Waals surface area contributed by atoms with Crippen LogP contribution in [0.3, 0.4) is 0 Å². The molecular weight excluding hydrogens is 287 g/mol. The molecule has 0 aliphatic carbocycles. The number of nitrogens with zero attached hydrogens (tertiary/aromatic N) is 3. The average Bonchev–Trinajstić information content (AvgIpc) is 2.90. The maximum absolute atomic E-state index is 13.5. The Labute approximate surface area is 126 Å². The molecule has 3 aromatic rings. The quantitative estimate of drug-likeness (QED) is 0.790. The van der Waals surface area contributed by atoms with Crippen LogP contribution in [0, 0.1) is 12.7 Å². The van der Waals surface area contributed by atoms with Gasteiger partial charge in [-0.05, 0) is 25.5 Å². The molecule has 0 aliphatic rings. The molecular formula is C15H15FN4S. The van der Waals surface area contributed by atoms with Crippen molar-refractivity contribution in [1.29, 1.82) is 0 Å². The zero-order valence-electron chi connectivity index (χ0n) is 11.9. The third-order valence-corrected chi connectivity index (χ3v) is 3.95. The van der Waals surface area contributed by atoms with E-state index in [4.69, 9.17) is 0 Å². The number of nitrogens with one attached hydrogen (secondary N) is 1. The van der Waals surface area contributed by atoms with E-state index < -0.39 is 0 Å². The number of halogens is 1. The smallest absolute Gasteiger partial charge is 0.173 e. The topological polar surface area (TPSA) is 50.7 Å². The monoisotopic (exact) mass is 302 g/mol. The number of hydrogen-bond donors (Lipinski definition) is 1. The highest BCUT2D eigenvalue weighted by Crippen LogP contribution is 2.28. The summed E-state index contributed by atoms with van der Waals surface area (Å²) in [5, 5.41) is 5.07. The van der Waals surface area contributed by atoms with Crippen molar-refractivity contribution in [1.82, 2.24) is 15.0 Å². The van der Waals surface area contributed by atoms with Gasteiger partial charge in [-0.1, -0.05) is 6.92 Å². The first-order valence-corrected chi connectivity index (χ1v) is 7.63. The molecule has 0 saturated heterocycles. The van der Waals surface area contributed by atoms with Crippen LogP contribution in [0.4, 0.5) is 10.2 Å². The molecule has 0 unspecified atom stereocenters. The van der Waals surface area contributed by atoms with E-state index in [1.165, 1.54) is 23.5 Å². The second-order valence-corrected chi connectivity index (χ2v) is 5.96. The van der Waals surface area contributed by atoms with Crippen molar-refractivity contribution in [3.05, 3.63) is 35.2 Å². The number of rotatable bonds is 4. The lowest BCUT2D eigenvalue weighted by molar-refractivity contribution is 0.629. The second-order valence-electron chi connectivity index (χ2n) is 4.73. The van der Waals surface area contributed by atoms with E-state index in [2.05, 4.69) is 27.2 Å². The van der Waals surface area contributed by atoms with E-state index in [1.54, 1.807) is 12.3 Å². The van der Waals surface area contributed by atoms with E-state index >= 15 is 0 Å². The number of aryl methyl sites for hydroxylation is 1. The highest BCUT2D eigenvalue weighted by atomic mass is 32.1. The summed E-state index contributed by atoms with van der Waals surface area (Å²) >= 11 is 1.53. The molecule has 0 bridgehead atoms. The third-order valence-electron chi connectivity index (χ3n) is 3.04. The summed E-state index contributed by atoms with van der Waals surface area (Å²) in [7, 11) is 0. The van der Waals surface area contributed by atoms with Crippen LogP contribution in [0.1, 0.15) is 18.4 Å². The number of anilines is 1. The first kappa shape index (κ1) is 13.9. The fourth-order valence-corrected chi connectivity index (χ4v) is 2.77. The zero-order chi connectivity index (χ0) is 14.8. The fourth-order valence-electron chi connectivity index (χ4n) is 2.06. The molecule has 1 N–H and O–H groups in total. The van der Waals surface area contributed by atoms with Crippen LogP contribution in [0.5, 0.6) is 0 Å². The summed E-state index contributed by atoms with van der Waals surface area (Å²) < 4.78 is 13.5. The lowest BCUT2D eigenvalue weighted by Gasteiger charge is -2.09. The Kier molecular flexibility index (Phi) is 3.79. The van der Waals surface area contributed by atoms with Crippen LogP contribution in [0.25, 0.3) is 21.6 Å². The number of thiazole rings is 1. The van der Waals surface area contributed by atoms with Gasteiger partial charge in [0.15, 0.2) is 5.82 Å². The van der Waals surface area contributed by atoms with Gasteiger partial charge in [0, 0.05) is 24.2 Å². The Morgan fingerprint density at radius 1 is 1.29 bits per heavy atom. The molecule has 1 aromatic carbocycles. The first-order chi connectivity index (χ1) is 10.2. The van der Waals surface area contributed by atoms with Crippen molar-refractivity contribution in [2.75, 3.05) is 11.9 Å². The van der Waals surface area contributed by atoms with Gasteiger partial charge in [-0.15, -0.1) is 11.3 Å². The molecule has 108 valence electrons. The predicted octanol–water partition coefficient (Wildman–Crippen LogP) is 4.02. The van der Waals surface area contributed by atoms with Crippen molar-refractivity contribution >= 4 is 28.1 Å². The lowest BCUT2D eigenvalue weighted by atomic mass is 10.2. The Bertz CT molecular complexity index is 784. The molecule has 4 nitrogen and oxygen atoms in total. The van der Waals surface area contributed by atoms with E-state index in [-0.39, 0.29) is 5.82 Å². The molecule has 0 amide bonds. The summed E-state index contributed by atoms with van der Waals surface area (Å²) in [4.78, 5) is 14.2. The van der Waals surface area contributed by atoms with E-state index in [1.807, 2.05) is 6.92 Å². The molecule has 0 atom stereocenters. The minimum Gasteiger partial charge on any atom is -0.369 e. The highest BCUT2D eigenvalue weighted by Gasteiger charge is 2.11. The van der Waals surface area contributed by atoms with Crippen molar-refractivity contribution < 1.29 is 4.39 Å². The van der Waals surface area contributed by atoms with Gasteiger partial charge in [0.25, 0.3) is 0 Å². The summed E-state index contributed by atoms with van der Waals surface area (Å²) in [6, 6.07) is 4.58. The van der Waals surface area contributed by atoms with Gasteiger partial charge in [-0.25, -0.2) is 19.3 Å². The Morgan fingerprint density at radius 3 is 2.86 bits per heavy atom. The van der Waals surface area contributed by atoms with Gasteiger partial charge in [-0.2, -0.15) is 0 Å². The Balaban J connectivity index is 2.17. The molecule has 0 fully saturated rings. The number of fused-ring (bicyclic) bond motifs is 1. The molecule has 2 aromatic heterocycles. The fraction of sp³-hybridized carbons (Fsp3) is 0.267. The molecule has 0 saturated carbocycles. The van der Waals surface area contributed by atoms with Crippen molar-refractivity contribution in [3.63, 3.8) is 0 Å². The van der Waals surface area contributed by atoms with Crippen LogP contribution in [-0.2, 0) is 0 Å². The molecule has 0 aliphatic heterocycles. The second kappa shape index (κ2) is 5.73. The number of hydrogen-bond acceptors (Lipinski definition) is 5. The summed E-state index contributed by atoms with van der Waals surface area (Å²) in [6.07, 6.45) is 2.74. The minimum atomic E-state index is -0.297. The summed E-state index contributed by atoms with van der Waals surface area (Å²) in [5.74, 6) is 1.02. The molecule has 0 radical (unpaired) electrons. The van der Waals surface area contributed by atoms with Gasteiger partial charge in [0.1, 0.15) is 11.6 Å². The number of benzene rings is 1. The normalized spacial score (nSPS) is 11.0. The molecule has 3 rings (SSSR count). The van der Waals surface area contributed by atoms with Gasteiger partial charge >= 0.3 is 0 Å². The van der Waals surface area contributed by atoms with Crippen molar-refractivity contribution in [2.45, 2.75) is 20.3 Å². The lowest BCUT2D eigenvalue weighted by Crippen LogP contribution is -2.04. The van der Waals surface area contributed by atoms with Gasteiger partial charge in [-0.3, -0.25) is 0 Å². The van der Waals surface area contributed by atoms with Crippen LogP contribution in [0.15, 0.2) is 24.4 Å². The van der Waals surface area contributed by atoms with Crippen LogP contribution >= 0.6 is 11.3 Å². The van der Waals surface area contributed by atoms with Crippen molar-refractivity contribution in [3.8, 4) is 10.7 Å². The Hall–Kier alpha value is -2.08. The average molecular weight is 302 g/mol. The van der Waals surface area contributed by atoms with E-state index in [0.717, 1.165) is 34.1 Å². The van der Waals surface area contributed by atoms with Crippen LogP contribution in [0.2, 0.25) is 0 Å². The summed E-state index contributed by atoms with van der Waals surface area (Å²) in [6.45, 7) is 4.83. The van der Waals surface area contributed by atoms with E-state index in [0.29, 0.717) is 11.3 Å². The maximum Gasteiger partial charge on any atom is 0.173 e. The van der Waals surface area contributed by atoms with Crippen molar-refractivity contribution in [2.24, 2.45) is 0 Å². The first-order valence-electron chi connectivity index (χ1n) is 6.81.